The van der Waals surface area contributed by atoms with Crippen LogP contribution in [-0.4, -0.2) is 39.6 Å². The molecule has 0 saturated heterocycles. The van der Waals surface area contributed by atoms with Crippen molar-refractivity contribution in [1.82, 2.24) is 20.0 Å². The number of hydrogen-bond donors (Lipinski definition) is 1. The Morgan fingerprint density at radius 3 is 2.64 bits per heavy atom. The minimum absolute atomic E-state index is 0.0317. The summed E-state index contributed by atoms with van der Waals surface area (Å²) in [5.74, 6) is 0.167. The third kappa shape index (κ3) is 3.99. The Morgan fingerprint density at radius 2 is 2.04 bits per heavy atom. The Hall–Kier alpha value is -2.15. The van der Waals surface area contributed by atoms with Crippen molar-refractivity contribution in [3.8, 4) is 0 Å². The Morgan fingerprint density at radius 1 is 1.32 bits per heavy atom. The highest BCUT2D eigenvalue weighted by atomic mass is 32.1. The highest BCUT2D eigenvalue weighted by Crippen LogP contribution is 2.33. The fourth-order valence-corrected chi connectivity index (χ4v) is 5.09. The number of nitrogens with one attached hydrogen (secondary N) is 1. The third-order valence-corrected chi connectivity index (χ3v) is 7.04. The number of hydrogen-bond acceptors (Lipinski definition) is 4. The maximum atomic E-state index is 12.7. The number of fused-ring (bicyclic) bond motifs is 1. The molecule has 2 aromatic rings. The summed E-state index contributed by atoms with van der Waals surface area (Å²) >= 11 is 1.60. The number of carbonyl (C=O) groups excluding carboxylic acids is 2. The van der Waals surface area contributed by atoms with Crippen LogP contribution >= 0.6 is 11.3 Å². The molecule has 0 saturated carbocycles. The zero-order valence-electron chi connectivity index (χ0n) is 17.5. The largest absolute Gasteiger partial charge is 0.352 e. The number of aryl methyl sites for hydroxylation is 3. The molecule has 7 heteroatoms. The average molecular weight is 403 g/mol. The summed E-state index contributed by atoms with van der Waals surface area (Å²) in [5, 5.41) is 7.51. The highest BCUT2D eigenvalue weighted by Gasteiger charge is 2.28. The molecule has 0 aromatic carbocycles. The first kappa shape index (κ1) is 20.6. The molecule has 0 aliphatic heterocycles. The van der Waals surface area contributed by atoms with Gasteiger partial charge in [-0.25, -0.2) is 0 Å². The molecular weight excluding hydrogens is 372 g/mol. The molecule has 28 heavy (non-hydrogen) atoms. The van der Waals surface area contributed by atoms with E-state index in [9.17, 15) is 9.59 Å². The van der Waals surface area contributed by atoms with Crippen LogP contribution in [0.15, 0.2) is 6.07 Å². The monoisotopic (exact) mass is 402 g/mol. The van der Waals surface area contributed by atoms with Crippen molar-refractivity contribution in [2.24, 2.45) is 13.0 Å². The second-order valence-electron chi connectivity index (χ2n) is 7.47. The van der Waals surface area contributed by atoms with Gasteiger partial charge in [0.15, 0.2) is 0 Å². The van der Waals surface area contributed by atoms with E-state index in [1.54, 1.807) is 11.3 Å². The van der Waals surface area contributed by atoms with Crippen molar-refractivity contribution in [3.63, 3.8) is 0 Å². The van der Waals surface area contributed by atoms with Gasteiger partial charge in [-0.05, 0) is 58.6 Å². The molecule has 0 unspecified atom stereocenters. The van der Waals surface area contributed by atoms with Crippen LogP contribution in [0.3, 0.4) is 0 Å². The Labute approximate surface area is 170 Å². The van der Waals surface area contributed by atoms with Crippen LogP contribution < -0.4 is 5.32 Å². The smallest absolute Gasteiger partial charge is 0.263 e. The molecule has 0 bridgehead atoms. The summed E-state index contributed by atoms with van der Waals surface area (Å²) in [5.41, 5.74) is 4.31. The summed E-state index contributed by atoms with van der Waals surface area (Å²) in [6.45, 7) is 9.95. The second-order valence-corrected chi connectivity index (χ2v) is 8.60. The third-order valence-electron chi connectivity index (χ3n) is 5.81. The van der Waals surface area contributed by atoms with Crippen LogP contribution in [-0.2, 0) is 31.2 Å². The van der Waals surface area contributed by atoms with Gasteiger partial charge in [-0.2, -0.15) is 5.10 Å². The first-order valence-corrected chi connectivity index (χ1v) is 10.8. The summed E-state index contributed by atoms with van der Waals surface area (Å²) in [6, 6.07) is 2.01. The van der Waals surface area contributed by atoms with Crippen LogP contribution in [0, 0.1) is 19.8 Å². The van der Waals surface area contributed by atoms with Crippen molar-refractivity contribution in [1.29, 1.82) is 0 Å². The van der Waals surface area contributed by atoms with Crippen LogP contribution in [0.1, 0.15) is 57.3 Å². The lowest BCUT2D eigenvalue weighted by molar-refractivity contribution is -0.125. The van der Waals surface area contributed by atoms with Gasteiger partial charge in [0.25, 0.3) is 5.91 Å². The number of amides is 2. The summed E-state index contributed by atoms with van der Waals surface area (Å²) in [6.07, 6.45) is 2.42. The molecule has 1 aliphatic rings. The lowest BCUT2D eigenvalue weighted by Crippen LogP contribution is -2.33. The van der Waals surface area contributed by atoms with Crippen molar-refractivity contribution in [2.45, 2.75) is 53.5 Å². The van der Waals surface area contributed by atoms with Crippen molar-refractivity contribution < 1.29 is 9.59 Å². The molecule has 3 rings (SSSR count). The maximum Gasteiger partial charge on any atom is 0.263 e. The van der Waals surface area contributed by atoms with E-state index in [-0.39, 0.29) is 17.7 Å². The predicted molar refractivity (Wildman–Crippen MR) is 112 cm³/mol. The van der Waals surface area contributed by atoms with E-state index in [0.29, 0.717) is 13.0 Å². The fraction of sp³-hybridized carbons (Fsp3) is 0.571. The van der Waals surface area contributed by atoms with Crippen LogP contribution in [0.25, 0.3) is 0 Å². The fourth-order valence-electron chi connectivity index (χ4n) is 3.91. The van der Waals surface area contributed by atoms with E-state index >= 15 is 0 Å². The van der Waals surface area contributed by atoms with Crippen molar-refractivity contribution >= 4 is 23.2 Å². The molecule has 2 aromatic heterocycles. The Balaban J connectivity index is 1.64. The van der Waals surface area contributed by atoms with E-state index < -0.39 is 0 Å². The quantitative estimate of drug-likeness (QED) is 0.808. The van der Waals surface area contributed by atoms with E-state index in [1.807, 2.05) is 50.4 Å². The molecule has 0 radical (unpaired) electrons. The zero-order valence-corrected chi connectivity index (χ0v) is 18.3. The Kier molecular flexibility index (Phi) is 6.23. The van der Waals surface area contributed by atoms with Gasteiger partial charge in [0, 0.05) is 48.7 Å². The first-order valence-electron chi connectivity index (χ1n) is 10.0. The topological polar surface area (TPSA) is 67.2 Å². The Bertz CT molecular complexity index is 879. The molecule has 0 spiro atoms. The SMILES string of the molecule is CCN(CC)C(=O)c1cc2c(s1)CC[C@@H](C(=O)NCc1c(C)nn(C)c1C)C2. The minimum atomic E-state index is -0.0317. The van der Waals surface area contributed by atoms with E-state index in [0.717, 1.165) is 47.8 Å². The summed E-state index contributed by atoms with van der Waals surface area (Å²) in [4.78, 5) is 29.3. The van der Waals surface area contributed by atoms with E-state index in [4.69, 9.17) is 0 Å². The van der Waals surface area contributed by atoms with Crippen molar-refractivity contribution in [3.05, 3.63) is 38.3 Å². The second kappa shape index (κ2) is 8.47. The number of thiophene rings is 1. The summed E-state index contributed by atoms with van der Waals surface area (Å²) in [7, 11) is 1.92. The lowest BCUT2D eigenvalue weighted by Gasteiger charge is -2.21. The summed E-state index contributed by atoms with van der Waals surface area (Å²) < 4.78 is 1.85. The lowest BCUT2D eigenvalue weighted by atomic mass is 9.87. The minimum Gasteiger partial charge on any atom is -0.352 e. The molecule has 6 nitrogen and oxygen atoms in total. The number of nitrogens with zero attached hydrogens (tertiary/aromatic N) is 3. The molecule has 2 amide bonds. The van der Waals surface area contributed by atoms with Gasteiger partial charge in [-0.15, -0.1) is 11.3 Å². The van der Waals surface area contributed by atoms with E-state index in [2.05, 4.69) is 10.4 Å². The number of aromatic nitrogens is 2. The van der Waals surface area contributed by atoms with Gasteiger partial charge < -0.3 is 10.2 Å². The number of rotatable bonds is 6. The van der Waals surface area contributed by atoms with E-state index in [1.165, 1.54) is 10.4 Å². The van der Waals surface area contributed by atoms with Gasteiger partial charge in [0.2, 0.25) is 5.91 Å². The molecule has 1 N–H and O–H groups in total. The predicted octanol–water partition coefficient (Wildman–Crippen LogP) is 3.00. The number of carbonyl (C=O) groups is 2. The van der Waals surface area contributed by atoms with Gasteiger partial charge in [-0.1, -0.05) is 0 Å². The average Bonchev–Trinajstić information content (AvgIpc) is 3.21. The molecule has 1 atom stereocenters. The molecular formula is C21H30N4O2S. The molecule has 152 valence electrons. The normalized spacial score (nSPS) is 16.0. The maximum absolute atomic E-state index is 12.7. The first-order chi connectivity index (χ1) is 13.3. The zero-order chi connectivity index (χ0) is 20.4. The van der Waals surface area contributed by atoms with Gasteiger partial charge in [0.05, 0.1) is 10.6 Å². The van der Waals surface area contributed by atoms with Gasteiger partial charge in [0.1, 0.15) is 0 Å². The van der Waals surface area contributed by atoms with Crippen LogP contribution in [0.2, 0.25) is 0 Å². The van der Waals surface area contributed by atoms with Crippen LogP contribution in [0.4, 0.5) is 0 Å². The molecule has 2 heterocycles. The molecule has 0 fully saturated rings. The van der Waals surface area contributed by atoms with Gasteiger partial charge >= 0.3 is 0 Å². The highest BCUT2D eigenvalue weighted by molar-refractivity contribution is 7.14. The van der Waals surface area contributed by atoms with Crippen molar-refractivity contribution in [2.75, 3.05) is 13.1 Å². The van der Waals surface area contributed by atoms with Gasteiger partial charge in [-0.3, -0.25) is 14.3 Å². The van der Waals surface area contributed by atoms with Crippen LogP contribution in [0.5, 0.6) is 0 Å². The molecule has 1 aliphatic carbocycles. The standard InChI is InChI=1S/C21H30N4O2S/c1-6-25(7-2)21(27)19-11-16-10-15(8-9-18(16)28-19)20(26)22-12-17-13(3)23-24(5)14(17)4/h11,15H,6-10,12H2,1-5H3,(H,22,26)/t15-/m1/s1.